The average molecular weight is 1430 g/mol. The Hall–Kier alpha value is -3.79. The number of aliphatic hydroxyl groups excluding tert-OH is 2. The summed E-state index contributed by atoms with van der Waals surface area (Å²) in [5.74, 6) is -1.60. The quantitative estimate of drug-likeness (QED) is 0.0146. The van der Waals surface area contributed by atoms with Crippen LogP contribution in [0.25, 0.3) is 0 Å². The lowest BCUT2D eigenvalue weighted by atomic mass is 10.0. The van der Waals surface area contributed by atoms with Crippen molar-refractivity contribution in [3.63, 3.8) is 0 Å². The molecular weight excluding hydrogens is 1290 g/mol. The van der Waals surface area contributed by atoms with Gasteiger partial charge in [-0.1, -0.05) is 284 Å². The van der Waals surface area contributed by atoms with Gasteiger partial charge in [-0.3, -0.25) is 32.5 Å². The number of aliphatic hydroxyl groups is 2. The molecule has 0 saturated heterocycles. The Labute approximate surface area is 602 Å². The van der Waals surface area contributed by atoms with Gasteiger partial charge in [-0.25, -0.2) is 9.13 Å². The van der Waals surface area contributed by atoms with Gasteiger partial charge in [-0.15, -0.1) is 0 Å². The normalized spacial score (nSPS) is 14.6. The highest BCUT2D eigenvalue weighted by Gasteiger charge is 2.29. The number of rotatable bonds is 74. The van der Waals surface area contributed by atoms with Gasteiger partial charge in [0.15, 0.2) is 6.10 Å². The summed E-state index contributed by atoms with van der Waals surface area (Å²) < 4.78 is 61.1. The van der Waals surface area contributed by atoms with E-state index in [0.717, 1.165) is 135 Å². The fourth-order valence-electron chi connectivity index (χ4n) is 10.4. The van der Waals surface area contributed by atoms with Crippen LogP contribution in [-0.2, 0) is 55.8 Å². The first-order chi connectivity index (χ1) is 48.2. The Balaban J connectivity index is 4.58. The number of unbranched alkanes of at least 4 members (excludes halogenated alkanes) is 33. The largest absolute Gasteiger partial charge is 0.472 e. The molecule has 0 aliphatic carbocycles. The molecule has 99 heavy (non-hydrogen) atoms. The van der Waals surface area contributed by atoms with E-state index in [-0.39, 0.29) is 19.3 Å². The summed E-state index contributed by atoms with van der Waals surface area (Å²) in [6.45, 7) is 2.61. The molecule has 18 heteroatoms. The minimum atomic E-state index is -4.94. The molecule has 572 valence electrons. The van der Waals surface area contributed by atoms with E-state index in [0.29, 0.717) is 19.3 Å². The Morgan fingerprint density at radius 2 is 0.505 bits per heavy atom. The van der Waals surface area contributed by atoms with Gasteiger partial charge in [-0.05, 0) is 135 Å². The summed E-state index contributed by atoms with van der Waals surface area (Å²) in [4.78, 5) is 58.6. The van der Waals surface area contributed by atoms with Crippen molar-refractivity contribution in [1.29, 1.82) is 0 Å². The molecule has 0 rings (SSSR count). The van der Waals surface area contributed by atoms with E-state index in [1.165, 1.54) is 135 Å². The second-order valence-electron chi connectivity index (χ2n) is 26.2. The fraction of sp³-hybridized carbons (Fsp3) is 0.741. The number of carbonyl (C=O) groups is 3. The number of ether oxygens (including phenoxy) is 3. The Bertz CT molecular complexity index is 2240. The van der Waals surface area contributed by atoms with E-state index in [1.807, 2.05) is 0 Å². The summed E-state index contributed by atoms with van der Waals surface area (Å²) in [6.07, 6.45) is 85.6. The van der Waals surface area contributed by atoms with Gasteiger partial charge in [-0.2, -0.15) is 0 Å². The first kappa shape index (κ1) is 95.2. The van der Waals surface area contributed by atoms with Crippen molar-refractivity contribution in [2.45, 2.75) is 347 Å². The van der Waals surface area contributed by atoms with Crippen LogP contribution in [0, 0.1) is 0 Å². The second kappa shape index (κ2) is 73.9. The maximum atomic E-state index is 13.0. The molecule has 5 unspecified atom stereocenters. The van der Waals surface area contributed by atoms with Gasteiger partial charge in [0.2, 0.25) is 0 Å². The molecule has 0 aromatic heterocycles. The van der Waals surface area contributed by atoms with Gasteiger partial charge >= 0.3 is 33.6 Å². The lowest BCUT2D eigenvalue weighted by Gasteiger charge is -2.21. The zero-order chi connectivity index (χ0) is 72.3. The van der Waals surface area contributed by atoms with Crippen LogP contribution >= 0.6 is 15.6 Å². The SMILES string of the molecule is CCCCC/C=C\C/C=C\C/C=C\C/C=C\CCCCCCCCCCCCCC(=O)OCC(O)COP(=O)(O)OCC(O)COP(=O)(O)OCC(COC(=O)CCCCCCC/C=C\C/C=C\C/C=C\C/C=C\CCCCC)OC(=O)CCCCCCC/C=C\CCCCCCCC. The van der Waals surface area contributed by atoms with E-state index in [1.54, 1.807) is 0 Å². The third-order valence-corrected chi connectivity index (χ3v) is 18.3. The average Bonchev–Trinajstić information content (AvgIpc) is 1.44. The third-order valence-electron chi connectivity index (χ3n) is 16.4. The van der Waals surface area contributed by atoms with Gasteiger partial charge in [0.05, 0.1) is 26.4 Å². The van der Waals surface area contributed by atoms with E-state index >= 15 is 0 Å². The second-order valence-corrected chi connectivity index (χ2v) is 29.1. The van der Waals surface area contributed by atoms with Crippen LogP contribution in [0.15, 0.2) is 109 Å². The number of allylic oxidation sites excluding steroid dienone is 18. The standard InChI is InChI=1S/C81H142O16P2/c1-4-7-10-13-16-19-22-25-28-30-32-34-35-36-37-38-39-41-43-44-47-49-52-55-58-61-64-67-79(84)91-70-76(82)71-93-98(87,88)94-72-77(83)73-95-99(89,90)96-75-78(97-81(86)69-66-63-60-57-54-51-46-27-24-21-18-15-12-9-6-3)74-92-80(85)68-65-62-59-56-53-50-48-45-42-40-33-31-29-26-23-20-17-14-11-8-5-2/h16-17,19-20,25-29,32-34,36-37,40,45-46,48,76-78,82-83H,4-15,18,21-24,30-31,35,38-39,41-44,47,49-75H2,1-3H3,(H,87,88)(H,89,90)/b19-16-,20-17-,28-25-,29-26-,34-32-,37-36-,40-33-,46-27-,48-45-. The molecule has 0 spiro atoms. The maximum absolute atomic E-state index is 13.0. The Morgan fingerprint density at radius 1 is 0.283 bits per heavy atom. The Morgan fingerprint density at radius 3 is 0.828 bits per heavy atom. The van der Waals surface area contributed by atoms with Crippen molar-refractivity contribution in [3.05, 3.63) is 109 Å². The summed E-state index contributed by atoms with van der Waals surface area (Å²) in [5.41, 5.74) is 0. The number of carbonyl (C=O) groups excluding carboxylic acids is 3. The van der Waals surface area contributed by atoms with Crippen LogP contribution in [0.5, 0.6) is 0 Å². The maximum Gasteiger partial charge on any atom is 0.472 e. The number of hydrogen-bond acceptors (Lipinski definition) is 14. The smallest absolute Gasteiger partial charge is 0.463 e. The highest BCUT2D eigenvalue weighted by atomic mass is 31.2. The van der Waals surface area contributed by atoms with Crippen molar-refractivity contribution in [1.82, 2.24) is 0 Å². The molecule has 0 fully saturated rings. The zero-order valence-corrected chi connectivity index (χ0v) is 64.2. The molecule has 0 bridgehead atoms. The van der Waals surface area contributed by atoms with Gasteiger partial charge in [0.25, 0.3) is 0 Å². The van der Waals surface area contributed by atoms with Crippen molar-refractivity contribution in [3.8, 4) is 0 Å². The minimum Gasteiger partial charge on any atom is -0.463 e. The van der Waals surface area contributed by atoms with Crippen LogP contribution in [-0.4, -0.2) is 95.9 Å². The van der Waals surface area contributed by atoms with E-state index in [2.05, 4.69) is 130 Å². The highest BCUT2D eigenvalue weighted by molar-refractivity contribution is 7.47. The molecule has 16 nitrogen and oxygen atoms in total. The summed E-state index contributed by atoms with van der Waals surface area (Å²) in [5, 5.41) is 20.6. The van der Waals surface area contributed by atoms with Crippen LogP contribution in [0.1, 0.15) is 329 Å². The summed E-state index contributed by atoms with van der Waals surface area (Å²) in [7, 11) is -9.79. The summed E-state index contributed by atoms with van der Waals surface area (Å²) in [6, 6.07) is 0. The molecule has 5 atom stereocenters. The molecule has 0 aliphatic heterocycles. The topological polar surface area (TPSA) is 231 Å². The summed E-state index contributed by atoms with van der Waals surface area (Å²) >= 11 is 0. The third kappa shape index (κ3) is 75.2. The molecule has 0 saturated carbocycles. The predicted molar refractivity (Wildman–Crippen MR) is 408 cm³/mol. The van der Waals surface area contributed by atoms with E-state index in [4.69, 9.17) is 32.3 Å². The number of phosphoric acid groups is 2. The number of esters is 3. The number of phosphoric ester groups is 2. The minimum absolute atomic E-state index is 0.0895. The lowest BCUT2D eigenvalue weighted by Crippen LogP contribution is -2.30. The molecule has 4 N–H and O–H groups in total. The predicted octanol–water partition coefficient (Wildman–Crippen LogP) is 22.8. The van der Waals surface area contributed by atoms with Gasteiger partial charge in [0, 0.05) is 19.3 Å². The molecule has 0 aromatic carbocycles. The van der Waals surface area contributed by atoms with Crippen LogP contribution in [0.4, 0.5) is 0 Å². The monoisotopic (exact) mass is 1430 g/mol. The van der Waals surface area contributed by atoms with Crippen LogP contribution < -0.4 is 0 Å². The fourth-order valence-corrected chi connectivity index (χ4v) is 12.0. The molecule has 0 amide bonds. The van der Waals surface area contributed by atoms with E-state index < -0.39 is 91.5 Å². The highest BCUT2D eigenvalue weighted by Crippen LogP contribution is 2.45. The van der Waals surface area contributed by atoms with E-state index in [9.17, 15) is 43.5 Å². The zero-order valence-electron chi connectivity index (χ0n) is 62.4. The molecule has 0 radical (unpaired) electrons. The first-order valence-corrected chi connectivity index (χ1v) is 42.2. The van der Waals surface area contributed by atoms with Crippen molar-refractivity contribution >= 4 is 33.6 Å². The van der Waals surface area contributed by atoms with Gasteiger partial charge in [0.1, 0.15) is 25.4 Å². The number of hydrogen-bond donors (Lipinski definition) is 4. The van der Waals surface area contributed by atoms with Crippen molar-refractivity contribution < 1.29 is 75.8 Å². The van der Waals surface area contributed by atoms with Crippen LogP contribution in [0.2, 0.25) is 0 Å². The molecular formula is C81H142O16P2. The molecule has 0 heterocycles. The van der Waals surface area contributed by atoms with Gasteiger partial charge < -0.3 is 34.2 Å². The Kier molecular flexibility index (Phi) is 71.1. The first-order valence-electron chi connectivity index (χ1n) is 39.2. The molecule has 0 aromatic rings. The lowest BCUT2D eigenvalue weighted by molar-refractivity contribution is -0.161. The van der Waals surface area contributed by atoms with Crippen LogP contribution in [0.3, 0.4) is 0 Å². The van der Waals surface area contributed by atoms with Crippen molar-refractivity contribution in [2.75, 3.05) is 39.6 Å². The van der Waals surface area contributed by atoms with Crippen molar-refractivity contribution in [2.24, 2.45) is 0 Å². The molecule has 0 aliphatic rings.